The molecule has 2 rings (SSSR count). The van der Waals surface area contributed by atoms with Crippen LogP contribution in [0.5, 0.6) is 0 Å². The predicted molar refractivity (Wildman–Crippen MR) is 57.1 cm³/mol. The van der Waals surface area contributed by atoms with Crippen LogP contribution in [0.25, 0.3) is 0 Å². The summed E-state index contributed by atoms with van der Waals surface area (Å²) in [6, 6.07) is 7.87. The maximum absolute atomic E-state index is 11.5. The average molecular weight is 255 g/mol. The van der Waals surface area contributed by atoms with Gasteiger partial charge in [0, 0.05) is 4.47 Å². The first-order valence-corrected chi connectivity index (χ1v) is 5.33. The molecular weight excluding hydrogens is 244 g/mol. The zero-order valence-corrected chi connectivity index (χ0v) is 9.50. The second-order valence-corrected chi connectivity index (χ2v) is 4.50. The molecule has 1 aromatic carbocycles. The number of carbonyl (C=O) groups is 1. The van der Waals surface area contributed by atoms with Gasteiger partial charge in [0.1, 0.15) is 0 Å². The quantitative estimate of drug-likeness (QED) is 0.759. The van der Waals surface area contributed by atoms with Crippen LogP contribution in [-0.2, 0) is 14.9 Å². The Balaban J connectivity index is 2.31. The topological polar surface area (TPSA) is 26.3 Å². The number of carbonyl (C=O) groups excluding carboxylic acids is 1. The molecule has 3 heteroatoms. The van der Waals surface area contributed by atoms with E-state index in [-0.39, 0.29) is 11.4 Å². The van der Waals surface area contributed by atoms with Crippen molar-refractivity contribution in [2.75, 3.05) is 7.11 Å². The highest BCUT2D eigenvalue weighted by Gasteiger charge is 2.52. The molecule has 1 aliphatic rings. The van der Waals surface area contributed by atoms with Gasteiger partial charge < -0.3 is 4.74 Å². The average Bonchev–Trinajstić information content (AvgIpc) is 2.99. The van der Waals surface area contributed by atoms with Gasteiger partial charge in [-0.25, -0.2) is 0 Å². The molecule has 0 bridgehead atoms. The molecule has 0 amide bonds. The van der Waals surface area contributed by atoms with Crippen molar-refractivity contribution in [1.29, 1.82) is 0 Å². The summed E-state index contributed by atoms with van der Waals surface area (Å²) >= 11 is 3.37. The van der Waals surface area contributed by atoms with Crippen LogP contribution < -0.4 is 0 Å². The first kappa shape index (κ1) is 9.71. The van der Waals surface area contributed by atoms with Crippen LogP contribution in [0.1, 0.15) is 18.4 Å². The minimum Gasteiger partial charge on any atom is -0.468 e. The molecule has 1 aliphatic carbocycles. The van der Waals surface area contributed by atoms with Crippen LogP contribution in [0.15, 0.2) is 28.7 Å². The highest BCUT2D eigenvalue weighted by atomic mass is 79.9. The van der Waals surface area contributed by atoms with Gasteiger partial charge in [0.25, 0.3) is 0 Å². The highest BCUT2D eigenvalue weighted by molar-refractivity contribution is 9.10. The number of rotatable bonds is 2. The lowest BCUT2D eigenvalue weighted by Gasteiger charge is -2.12. The van der Waals surface area contributed by atoms with Gasteiger partial charge in [-0.1, -0.05) is 28.1 Å². The zero-order chi connectivity index (χ0) is 10.2. The van der Waals surface area contributed by atoms with Crippen LogP contribution in [0.3, 0.4) is 0 Å². The number of halogens is 1. The van der Waals surface area contributed by atoms with Crippen LogP contribution in [0, 0.1) is 0 Å². The predicted octanol–water partition coefficient (Wildman–Crippen LogP) is 2.65. The molecule has 0 atom stereocenters. The van der Waals surface area contributed by atoms with Crippen LogP contribution in [0.2, 0.25) is 0 Å². The maximum atomic E-state index is 11.5. The van der Waals surface area contributed by atoms with Gasteiger partial charge >= 0.3 is 5.97 Å². The fourth-order valence-corrected chi connectivity index (χ4v) is 1.96. The molecule has 0 spiro atoms. The lowest BCUT2D eigenvalue weighted by molar-refractivity contribution is -0.143. The van der Waals surface area contributed by atoms with Crippen molar-refractivity contribution in [3.05, 3.63) is 34.3 Å². The van der Waals surface area contributed by atoms with Gasteiger partial charge in [-0.3, -0.25) is 4.79 Å². The van der Waals surface area contributed by atoms with Gasteiger partial charge in [0.05, 0.1) is 12.5 Å². The van der Waals surface area contributed by atoms with Crippen molar-refractivity contribution in [3.8, 4) is 0 Å². The van der Waals surface area contributed by atoms with Gasteiger partial charge in [-0.05, 0) is 30.5 Å². The molecule has 0 radical (unpaired) electrons. The lowest BCUT2D eigenvalue weighted by Crippen LogP contribution is -2.21. The number of benzene rings is 1. The second kappa shape index (κ2) is 3.39. The standard InChI is InChI=1S/C11H11BrO2/c1-14-10(13)11(6-7-11)8-2-4-9(12)5-3-8/h2-5H,6-7H2,1H3. The normalized spacial score (nSPS) is 17.6. The molecule has 74 valence electrons. The zero-order valence-electron chi connectivity index (χ0n) is 7.92. The Hall–Kier alpha value is -0.830. The number of hydrogen-bond donors (Lipinski definition) is 0. The largest absolute Gasteiger partial charge is 0.468 e. The van der Waals surface area contributed by atoms with Crippen molar-refractivity contribution in [3.63, 3.8) is 0 Å². The molecule has 0 saturated heterocycles. The fraction of sp³-hybridized carbons (Fsp3) is 0.364. The van der Waals surface area contributed by atoms with E-state index in [0.717, 1.165) is 22.9 Å². The van der Waals surface area contributed by atoms with Crippen molar-refractivity contribution < 1.29 is 9.53 Å². The summed E-state index contributed by atoms with van der Waals surface area (Å²) in [7, 11) is 1.45. The summed E-state index contributed by atoms with van der Waals surface area (Å²) < 4.78 is 5.84. The Labute approximate surface area is 91.4 Å². The first-order chi connectivity index (χ1) is 6.69. The fourth-order valence-electron chi connectivity index (χ4n) is 1.70. The monoisotopic (exact) mass is 254 g/mol. The van der Waals surface area contributed by atoms with E-state index in [4.69, 9.17) is 4.74 Å². The van der Waals surface area contributed by atoms with E-state index >= 15 is 0 Å². The van der Waals surface area contributed by atoms with E-state index in [1.54, 1.807) is 0 Å². The Morgan fingerprint density at radius 3 is 2.36 bits per heavy atom. The van der Waals surface area contributed by atoms with Gasteiger partial charge in [-0.15, -0.1) is 0 Å². The van der Waals surface area contributed by atoms with E-state index < -0.39 is 0 Å². The molecule has 1 aromatic rings. The van der Waals surface area contributed by atoms with Gasteiger partial charge in [0.15, 0.2) is 0 Å². The summed E-state index contributed by atoms with van der Waals surface area (Å²) in [5, 5.41) is 0. The van der Waals surface area contributed by atoms with Gasteiger partial charge in [-0.2, -0.15) is 0 Å². The molecule has 0 N–H and O–H groups in total. The summed E-state index contributed by atoms with van der Waals surface area (Å²) in [4.78, 5) is 11.5. The van der Waals surface area contributed by atoms with Crippen LogP contribution in [-0.4, -0.2) is 13.1 Å². The van der Waals surface area contributed by atoms with E-state index in [9.17, 15) is 4.79 Å². The lowest BCUT2D eigenvalue weighted by atomic mass is 9.96. The number of hydrogen-bond acceptors (Lipinski definition) is 2. The number of esters is 1. The molecular formula is C11H11BrO2. The van der Waals surface area contributed by atoms with Crippen molar-refractivity contribution in [2.24, 2.45) is 0 Å². The maximum Gasteiger partial charge on any atom is 0.316 e. The molecule has 14 heavy (non-hydrogen) atoms. The Bertz CT molecular complexity index is 352. The summed E-state index contributed by atoms with van der Waals surface area (Å²) in [5.74, 6) is -0.111. The summed E-state index contributed by atoms with van der Waals surface area (Å²) in [6.45, 7) is 0. The number of methoxy groups -OCH3 is 1. The van der Waals surface area contributed by atoms with Crippen molar-refractivity contribution in [2.45, 2.75) is 18.3 Å². The Kier molecular flexibility index (Phi) is 2.35. The number of ether oxygens (including phenoxy) is 1. The van der Waals surface area contributed by atoms with E-state index in [1.807, 2.05) is 24.3 Å². The molecule has 1 fully saturated rings. The molecule has 0 unspecified atom stereocenters. The molecule has 0 heterocycles. The van der Waals surface area contributed by atoms with Crippen LogP contribution in [0.4, 0.5) is 0 Å². The van der Waals surface area contributed by atoms with E-state index in [0.29, 0.717) is 0 Å². The molecule has 2 nitrogen and oxygen atoms in total. The minimum atomic E-state index is -0.338. The Morgan fingerprint density at radius 1 is 1.36 bits per heavy atom. The first-order valence-electron chi connectivity index (χ1n) is 4.53. The van der Waals surface area contributed by atoms with E-state index in [1.165, 1.54) is 7.11 Å². The smallest absolute Gasteiger partial charge is 0.316 e. The molecule has 1 saturated carbocycles. The Morgan fingerprint density at radius 2 is 1.93 bits per heavy atom. The van der Waals surface area contributed by atoms with E-state index in [2.05, 4.69) is 15.9 Å². The highest BCUT2D eigenvalue weighted by Crippen LogP contribution is 2.49. The van der Waals surface area contributed by atoms with Crippen LogP contribution >= 0.6 is 15.9 Å². The third-order valence-corrected chi connectivity index (χ3v) is 3.25. The summed E-state index contributed by atoms with van der Waals surface area (Å²) in [6.07, 6.45) is 1.81. The minimum absolute atomic E-state index is 0.111. The second-order valence-electron chi connectivity index (χ2n) is 3.58. The molecule has 0 aromatic heterocycles. The SMILES string of the molecule is COC(=O)C1(c2ccc(Br)cc2)CC1. The third-order valence-electron chi connectivity index (χ3n) is 2.72. The van der Waals surface area contributed by atoms with Crippen molar-refractivity contribution >= 4 is 21.9 Å². The van der Waals surface area contributed by atoms with Gasteiger partial charge in [0.2, 0.25) is 0 Å². The van der Waals surface area contributed by atoms with Crippen molar-refractivity contribution in [1.82, 2.24) is 0 Å². The molecule has 0 aliphatic heterocycles. The third kappa shape index (κ3) is 1.46. The summed E-state index contributed by atoms with van der Waals surface area (Å²) in [5.41, 5.74) is 0.725.